The lowest BCUT2D eigenvalue weighted by molar-refractivity contribution is 0.0952. The van der Waals surface area contributed by atoms with Gasteiger partial charge >= 0.3 is 0 Å². The summed E-state index contributed by atoms with van der Waals surface area (Å²) in [5, 5.41) is 17.1. The molecule has 1 aromatic heterocycles. The zero-order valence-corrected chi connectivity index (χ0v) is 15.5. The number of carbonyl (C=O) groups is 1. The van der Waals surface area contributed by atoms with Crippen molar-refractivity contribution in [3.8, 4) is 11.1 Å². The van der Waals surface area contributed by atoms with E-state index in [2.05, 4.69) is 17.3 Å². The van der Waals surface area contributed by atoms with Gasteiger partial charge in [-0.3, -0.25) is 9.48 Å². The molecule has 3 aromatic rings. The van der Waals surface area contributed by atoms with Crippen LogP contribution in [0.1, 0.15) is 41.8 Å². The highest BCUT2D eigenvalue weighted by Crippen LogP contribution is 2.24. The summed E-state index contributed by atoms with van der Waals surface area (Å²) in [5.41, 5.74) is 3.68. The molecular formula is C22H25N3O2. The first-order chi connectivity index (χ1) is 13.2. The highest BCUT2D eigenvalue weighted by Gasteiger charge is 2.08. The Bertz CT molecular complexity index is 840. The number of amides is 1. The fraction of sp³-hybridized carbons (Fsp3) is 0.273. The summed E-state index contributed by atoms with van der Waals surface area (Å²) < 4.78 is 1.78. The minimum Gasteiger partial charge on any atom is -0.388 e. The first-order valence-electron chi connectivity index (χ1n) is 9.31. The maximum absolute atomic E-state index is 12.2. The van der Waals surface area contributed by atoms with E-state index in [1.807, 2.05) is 60.8 Å². The number of hydrogen-bond acceptors (Lipinski definition) is 3. The quantitative estimate of drug-likeness (QED) is 0.639. The molecule has 1 atom stereocenters. The Kier molecular flexibility index (Phi) is 6.39. The van der Waals surface area contributed by atoms with Crippen LogP contribution in [0.4, 0.5) is 0 Å². The molecule has 5 heteroatoms. The van der Waals surface area contributed by atoms with Crippen molar-refractivity contribution in [1.29, 1.82) is 0 Å². The van der Waals surface area contributed by atoms with Gasteiger partial charge in [0.25, 0.3) is 5.91 Å². The highest BCUT2D eigenvalue weighted by molar-refractivity contribution is 5.94. The topological polar surface area (TPSA) is 67.2 Å². The van der Waals surface area contributed by atoms with Crippen LogP contribution in [0, 0.1) is 0 Å². The summed E-state index contributed by atoms with van der Waals surface area (Å²) >= 11 is 0. The van der Waals surface area contributed by atoms with Gasteiger partial charge in [-0.05, 0) is 41.3 Å². The average molecular weight is 363 g/mol. The zero-order chi connectivity index (χ0) is 19.1. The summed E-state index contributed by atoms with van der Waals surface area (Å²) in [5.74, 6) is -0.0910. The molecule has 0 saturated heterocycles. The Morgan fingerprint density at radius 2 is 1.78 bits per heavy atom. The van der Waals surface area contributed by atoms with E-state index in [0.717, 1.165) is 29.5 Å². The van der Waals surface area contributed by atoms with Gasteiger partial charge in [0.05, 0.1) is 12.6 Å². The van der Waals surface area contributed by atoms with Gasteiger partial charge in [-0.15, -0.1) is 0 Å². The summed E-state index contributed by atoms with van der Waals surface area (Å²) in [4.78, 5) is 12.2. The van der Waals surface area contributed by atoms with Crippen LogP contribution in [0.5, 0.6) is 0 Å². The summed E-state index contributed by atoms with van der Waals surface area (Å²) in [6.07, 6.45) is 4.90. The van der Waals surface area contributed by atoms with Crippen molar-refractivity contribution in [2.75, 3.05) is 6.54 Å². The second-order valence-electron chi connectivity index (χ2n) is 6.53. The van der Waals surface area contributed by atoms with Gasteiger partial charge in [-0.1, -0.05) is 49.7 Å². The lowest BCUT2D eigenvalue weighted by Crippen LogP contribution is -2.27. The molecule has 0 radical (unpaired) electrons. The van der Waals surface area contributed by atoms with Gasteiger partial charge in [0.1, 0.15) is 0 Å². The molecule has 3 rings (SSSR count). The molecular weight excluding hydrogens is 338 g/mol. The zero-order valence-electron chi connectivity index (χ0n) is 15.5. The molecule has 1 amide bonds. The molecule has 0 aliphatic heterocycles. The number of carbonyl (C=O) groups excluding carboxylic acids is 1. The smallest absolute Gasteiger partial charge is 0.251 e. The van der Waals surface area contributed by atoms with Crippen molar-refractivity contribution in [1.82, 2.24) is 15.1 Å². The molecule has 0 saturated carbocycles. The molecule has 27 heavy (non-hydrogen) atoms. The van der Waals surface area contributed by atoms with Crippen LogP contribution in [0.15, 0.2) is 67.0 Å². The molecule has 5 nitrogen and oxygen atoms in total. The summed E-state index contributed by atoms with van der Waals surface area (Å²) in [7, 11) is 0. The number of nitrogens with one attached hydrogen (secondary N) is 1. The first kappa shape index (κ1) is 18.9. The van der Waals surface area contributed by atoms with E-state index in [-0.39, 0.29) is 5.91 Å². The van der Waals surface area contributed by atoms with Crippen LogP contribution < -0.4 is 5.32 Å². The normalized spacial score (nSPS) is 11.9. The number of aromatic nitrogens is 2. The van der Waals surface area contributed by atoms with Crippen LogP contribution in [-0.2, 0) is 6.54 Å². The molecule has 0 aliphatic carbocycles. The second-order valence-corrected chi connectivity index (χ2v) is 6.53. The van der Waals surface area contributed by atoms with Crippen LogP contribution in [0.3, 0.4) is 0 Å². The maximum atomic E-state index is 12.2. The van der Waals surface area contributed by atoms with Crippen molar-refractivity contribution >= 4 is 5.91 Å². The number of rotatable bonds is 8. The van der Waals surface area contributed by atoms with Crippen molar-refractivity contribution in [3.05, 3.63) is 78.1 Å². The van der Waals surface area contributed by atoms with E-state index in [1.54, 1.807) is 10.9 Å². The van der Waals surface area contributed by atoms with Gasteiger partial charge in [-0.25, -0.2) is 0 Å². The van der Waals surface area contributed by atoms with Gasteiger partial charge < -0.3 is 10.4 Å². The maximum Gasteiger partial charge on any atom is 0.251 e. The van der Waals surface area contributed by atoms with Crippen LogP contribution in [0.25, 0.3) is 11.1 Å². The SMILES string of the molecule is CCC[C@@H](O)c1ccc(-c2ccc(C(=O)NCCn3cccn3)cc2)cc1. The molecule has 0 bridgehead atoms. The molecule has 2 aromatic carbocycles. The first-order valence-corrected chi connectivity index (χ1v) is 9.31. The third-order valence-corrected chi connectivity index (χ3v) is 4.52. The van der Waals surface area contributed by atoms with E-state index in [0.29, 0.717) is 18.7 Å². The highest BCUT2D eigenvalue weighted by atomic mass is 16.3. The Morgan fingerprint density at radius 1 is 1.11 bits per heavy atom. The largest absolute Gasteiger partial charge is 0.388 e. The van der Waals surface area contributed by atoms with E-state index in [4.69, 9.17) is 0 Å². The van der Waals surface area contributed by atoms with Crippen molar-refractivity contribution in [2.24, 2.45) is 0 Å². The fourth-order valence-corrected chi connectivity index (χ4v) is 2.97. The van der Waals surface area contributed by atoms with E-state index >= 15 is 0 Å². The van der Waals surface area contributed by atoms with Crippen LogP contribution in [0.2, 0.25) is 0 Å². The Balaban J connectivity index is 1.58. The van der Waals surface area contributed by atoms with Gasteiger partial charge in [0, 0.05) is 24.5 Å². The van der Waals surface area contributed by atoms with E-state index < -0.39 is 6.10 Å². The predicted molar refractivity (Wildman–Crippen MR) is 106 cm³/mol. The molecule has 0 fully saturated rings. The number of hydrogen-bond donors (Lipinski definition) is 2. The number of aliphatic hydroxyl groups is 1. The van der Waals surface area contributed by atoms with E-state index in [1.165, 1.54) is 0 Å². The van der Waals surface area contributed by atoms with Gasteiger partial charge in [-0.2, -0.15) is 5.10 Å². The van der Waals surface area contributed by atoms with Crippen molar-refractivity contribution in [2.45, 2.75) is 32.4 Å². The Labute approximate surface area is 159 Å². The monoisotopic (exact) mass is 363 g/mol. The molecule has 0 aliphatic rings. The van der Waals surface area contributed by atoms with Crippen molar-refractivity contribution < 1.29 is 9.90 Å². The lowest BCUT2D eigenvalue weighted by Gasteiger charge is -2.11. The molecule has 0 spiro atoms. The molecule has 140 valence electrons. The van der Waals surface area contributed by atoms with E-state index in [9.17, 15) is 9.90 Å². The molecule has 1 heterocycles. The number of benzene rings is 2. The standard InChI is InChI=1S/C22H25N3O2/c1-2-4-21(26)19-9-5-17(6-10-19)18-7-11-20(12-8-18)22(27)23-14-16-25-15-3-13-24-25/h3,5-13,15,21,26H,2,4,14,16H2,1H3,(H,23,27)/t21-/m1/s1. The van der Waals surface area contributed by atoms with Crippen LogP contribution >= 0.6 is 0 Å². The predicted octanol–water partition coefficient (Wildman–Crippen LogP) is 3.81. The average Bonchev–Trinajstić information content (AvgIpc) is 3.22. The third kappa shape index (κ3) is 5.05. The third-order valence-electron chi connectivity index (χ3n) is 4.52. The number of nitrogens with zero attached hydrogens (tertiary/aromatic N) is 2. The Morgan fingerprint density at radius 3 is 2.37 bits per heavy atom. The minimum atomic E-state index is -0.406. The summed E-state index contributed by atoms with van der Waals surface area (Å²) in [6, 6.07) is 17.4. The lowest BCUT2D eigenvalue weighted by atomic mass is 9.99. The number of aliphatic hydroxyl groups excluding tert-OH is 1. The molecule has 0 unspecified atom stereocenters. The van der Waals surface area contributed by atoms with Gasteiger partial charge in [0.15, 0.2) is 0 Å². The summed E-state index contributed by atoms with van der Waals surface area (Å²) in [6.45, 7) is 3.24. The molecule has 2 N–H and O–H groups in total. The fourth-order valence-electron chi connectivity index (χ4n) is 2.97. The minimum absolute atomic E-state index is 0.0910. The second kappa shape index (κ2) is 9.14. The van der Waals surface area contributed by atoms with Crippen molar-refractivity contribution in [3.63, 3.8) is 0 Å². The Hall–Kier alpha value is -2.92. The van der Waals surface area contributed by atoms with Crippen LogP contribution in [-0.4, -0.2) is 27.3 Å². The van der Waals surface area contributed by atoms with Gasteiger partial charge in [0.2, 0.25) is 0 Å².